The van der Waals surface area contributed by atoms with E-state index in [1.807, 2.05) is 42.5 Å². The number of methoxy groups -OCH3 is 1. The molecule has 8 heteroatoms. The molecule has 36 heavy (non-hydrogen) atoms. The number of furan rings is 1. The third-order valence-corrected chi connectivity index (χ3v) is 6.94. The van der Waals surface area contributed by atoms with Crippen molar-refractivity contribution < 1.29 is 28.3 Å². The fourth-order valence-electron chi connectivity index (χ4n) is 5.08. The highest BCUT2D eigenvalue weighted by molar-refractivity contribution is 6.07. The van der Waals surface area contributed by atoms with E-state index in [1.54, 1.807) is 11.2 Å². The quantitative estimate of drug-likeness (QED) is 0.495. The Morgan fingerprint density at radius 1 is 1.11 bits per heavy atom. The molecule has 0 unspecified atom stereocenters. The van der Waals surface area contributed by atoms with Gasteiger partial charge in [0.25, 0.3) is 5.91 Å². The molecule has 0 spiro atoms. The highest BCUT2D eigenvalue weighted by Gasteiger charge is 2.30. The van der Waals surface area contributed by atoms with E-state index in [2.05, 4.69) is 0 Å². The van der Waals surface area contributed by atoms with E-state index < -0.39 is 5.97 Å². The van der Waals surface area contributed by atoms with Crippen LogP contribution in [0, 0.1) is 5.92 Å². The zero-order valence-corrected chi connectivity index (χ0v) is 20.2. The van der Waals surface area contributed by atoms with Crippen LogP contribution in [-0.4, -0.2) is 54.5 Å². The van der Waals surface area contributed by atoms with E-state index in [4.69, 9.17) is 18.9 Å². The number of fused-ring (bicyclic) bond motifs is 2. The third-order valence-electron chi connectivity index (χ3n) is 6.94. The highest BCUT2D eigenvalue weighted by atomic mass is 16.5. The van der Waals surface area contributed by atoms with E-state index in [9.17, 15) is 14.4 Å². The fraction of sp³-hybridized carbons (Fsp3) is 0.357. The molecule has 3 aromatic rings. The average Bonchev–Trinajstić information content (AvgIpc) is 3.43. The number of ether oxygens (including phenoxy) is 2. The zero-order chi connectivity index (χ0) is 25.1. The summed E-state index contributed by atoms with van der Waals surface area (Å²) >= 11 is 0. The predicted molar refractivity (Wildman–Crippen MR) is 133 cm³/mol. The summed E-state index contributed by atoms with van der Waals surface area (Å²) in [6, 6.07) is 11.2. The topological polar surface area (TPSA) is 98.9 Å². The number of carbonyl (C=O) groups is 3. The fourth-order valence-corrected chi connectivity index (χ4v) is 5.08. The number of nitrogens with zero attached hydrogens (tertiary/aromatic N) is 2. The van der Waals surface area contributed by atoms with E-state index >= 15 is 0 Å². The second kappa shape index (κ2) is 10.4. The summed E-state index contributed by atoms with van der Waals surface area (Å²) in [4.78, 5) is 44.4. The SMILES string of the molecule is COC(=O)C1CCN(C(=O)COC(=O)c2c3c(nc4ccccc24)/C(=C/c2ccco2)CCC3)CC1. The molecule has 1 saturated heterocycles. The number of likely N-dealkylation sites (tertiary alicyclic amines) is 1. The van der Waals surface area contributed by atoms with Crippen molar-refractivity contribution in [2.75, 3.05) is 26.8 Å². The standard InChI is InChI=1S/C28H28N2O6/c1-34-27(32)18-11-13-30(14-12-18)24(31)17-36-28(33)25-21-8-2-3-10-23(21)29-26-19(6-4-9-22(25)26)16-20-7-5-15-35-20/h2-3,5,7-8,10,15-16,18H,4,6,9,11-14,17H2,1H3/b19-16+. The molecule has 3 heterocycles. The summed E-state index contributed by atoms with van der Waals surface area (Å²) in [5.74, 6) is -0.499. The summed E-state index contributed by atoms with van der Waals surface area (Å²) < 4.78 is 15.9. The molecule has 186 valence electrons. The first-order valence-electron chi connectivity index (χ1n) is 12.2. The van der Waals surface area contributed by atoms with E-state index in [1.165, 1.54) is 7.11 Å². The highest BCUT2D eigenvalue weighted by Crippen LogP contribution is 2.36. The maximum atomic E-state index is 13.4. The van der Waals surface area contributed by atoms with Crippen LogP contribution in [0.15, 0.2) is 47.1 Å². The van der Waals surface area contributed by atoms with Crippen LogP contribution < -0.4 is 0 Å². The first-order chi connectivity index (χ1) is 17.5. The lowest BCUT2D eigenvalue weighted by atomic mass is 9.86. The summed E-state index contributed by atoms with van der Waals surface area (Å²) in [5.41, 5.74) is 3.80. The minimum atomic E-state index is -0.526. The molecule has 1 aromatic carbocycles. The Kier molecular flexibility index (Phi) is 6.84. The minimum absolute atomic E-state index is 0.195. The number of amides is 1. The van der Waals surface area contributed by atoms with Crippen molar-refractivity contribution in [3.63, 3.8) is 0 Å². The number of allylic oxidation sites excluding steroid dienone is 1. The third kappa shape index (κ3) is 4.76. The largest absolute Gasteiger partial charge is 0.469 e. The van der Waals surface area contributed by atoms with Gasteiger partial charge in [-0.1, -0.05) is 18.2 Å². The molecular formula is C28H28N2O6. The molecule has 2 aliphatic rings. The van der Waals surface area contributed by atoms with E-state index in [-0.39, 0.29) is 24.4 Å². The lowest BCUT2D eigenvalue weighted by Gasteiger charge is -2.30. The molecule has 1 aliphatic heterocycles. The molecule has 2 aromatic heterocycles. The molecule has 0 atom stereocenters. The maximum absolute atomic E-state index is 13.4. The zero-order valence-electron chi connectivity index (χ0n) is 20.2. The number of carbonyl (C=O) groups excluding carboxylic acids is 3. The van der Waals surface area contributed by atoms with Gasteiger partial charge in [0.15, 0.2) is 6.61 Å². The Hall–Kier alpha value is -3.94. The second-order valence-corrected chi connectivity index (χ2v) is 9.12. The van der Waals surface area contributed by atoms with Gasteiger partial charge in [-0.2, -0.15) is 0 Å². The average molecular weight is 489 g/mol. The van der Waals surface area contributed by atoms with Gasteiger partial charge in [-0.25, -0.2) is 9.78 Å². The van der Waals surface area contributed by atoms with Gasteiger partial charge >= 0.3 is 11.9 Å². The minimum Gasteiger partial charge on any atom is -0.469 e. The Bertz CT molecular complexity index is 1320. The van der Waals surface area contributed by atoms with Crippen molar-refractivity contribution in [2.45, 2.75) is 32.1 Å². The summed E-state index contributed by atoms with van der Waals surface area (Å²) in [6.45, 7) is 0.525. The van der Waals surface area contributed by atoms with Crippen LogP contribution in [0.1, 0.15) is 53.1 Å². The maximum Gasteiger partial charge on any atom is 0.339 e. The smallest absolute Gasteiger partial charge is 0.339 e. The van der Waals surface area contributed by atoms with Crippen LogP contribution >= 0.6 is 0 Å². The Morgan fingerprint density at radius 2 is 1.92 bits per heavy atom. The van der Waals surface area contributed by atoms with Crippen molar-refractivity contribution in [1.82, 2.24) is 9.88 Å². The van der Waals surface area contributed by atoms with Gasteiger partial charge in [-0.15, -0.1) is 0 Å². The van der Waals surface area contributed by atoms with Gasteiger partial charge in [0, 0.05) is 18.5 Å². The summed E-state index contributed by atoms with van der Waals surface area (Å²) in [6.07, 6.45) is 7.07. The van der Waals surface area contributed by atoms with Gasteiger partial charge in [0.05, 0.1) is 36.1 Å². The van der Waals surface area contributed by atoms with Gasteiger partial charge in [-0.3, -0.25) is 9.59 Å². The predicted octanol–water partition coefficient (Wildman–Crippen LogP) is 4.27. The normalized spacial score (nSPS) is 17.1. The number of hydrogen-bond donors (Lipinski definition) is 0. The number of benzene rings is 1. The van der Waals surface area contributed by atoms with E-state index in [0.29, 0.717) is 48.8 Å². The molecule has 0 saturated carbocycles. The lowest BCUT2D eigenvalue weighted by Crippen LogP contribution is -2.42. The van der Waals surface area contributed by atoms with Crippen LogP contribution in [-0.2, 0) is 25.5 Å². The van der Waals surface area contributed by atoms with Crippen molar-refractivity contribution in [2.24, 2.45) is 5.92 Å². The van der Waals surface area contributed by atoms with Gasteiger partial charge in [-0.05, 0) is 67.5 Å². The number of piperidine rings is 1. The molecule has 8 nitrogen and oxygen atoms in total. The number of para-hydroxylation sites is 1. The number of hydrogen-bond acceptors (Lipinski definition) is 7. The van der Waals surface area contributed by atoms with Crippen LogP contribution in [0.4, 0.5) is 0 Å². The molecule has 0 radical (unpaired) electrons. The van der Waals surface area contributed by atoms with Crippen molar-refractivity contribution in [3.05, 3.63) is 65.2 Å². The van der Waals surface area contributed by atoms with Crippen LogP contribution in [0.5, 0.6) is 0 Å². The number of pyridine rings is 1. The first kappa shape index (κ1) is 23.8. The first-order valence-corrected chi connectivity index (χ1v) is 12.2. The molecule has 0 N–H and O–H groups in total. The Labute approximate surface area is 208 Å². The lowest BCUT2D eigenvalue weighted by molar-refractivity contribution is -0.149. The number of esters is 2. The monoisotopic (exact) mass is 488 g/mol. The Morgan fingerprint density at radius 3 is 2.67 bits per heavy atom. The summed E-state index contributed by atoms with van der Waals surface area (Å²) in [5, 5.41) is 0.715. The molecule has 0 bridgehead atoms. The number of rotatable bonds is 5. The molecule has 1 amide bonds. The van der Waals surface area contributed by atoms with E-state index in [0.717, 1.165) is 35.4 Å². The van der Waals surface area contributed by atoms with Crippen LogP contribution in [0.3, 0.4) is 0 Å². The van der Waals surface area contributed by atoms with Crippen LogP contribution in [0.25, 0.3) is 22.6 Å². The van der Waals surface area contributed by atoms with Gasteiger partial charge in [0.1, 0.15) is 5.76 Å². The second-order valence-electron chi connectivity index (χ2n) is 9.12. The molecule has 1 aliphatic carbocycles. The van der Waals surface area contributed by atoms with Gasteiger partial charge in [0.2, 0.25) is 0 Å². The van der Waals surface area contributed by atoms with Crippen molar-refractivity contribution >= 4 is 40.4 Å². The molecular weight excluding hydrogens is 460 g/mol. The van der Waals surface area contributed by atoms with Crippen molar-refractivity contribution in [3.8, 4) is 0 Å². The number of aromatic nitrogens is 1. The molecule has 5 rings (SSSR count). The molecule has 1 fully saturated rings. The Balaban J connectivity index is 1.37. The summed E-state index contributed by atoms with van der Waals surface area (Å²) in [7, 11) is 1.37. The van der Waals surface area contributed by atoms with Crippen molar-refractivity contribution in [1.29, 1.82) is 0 Å². The van der Waals surface area contributed by atoms with Gasteiger partial charge < -0.3 is 18.8 Å². The van der Waals surface area contributed by atoms with Crippen LogP contribution in [0.2, 0.25) is 0 Å².